The summed E-state index contributed by atoms with van der Waals surface area (Å²) in [5.74, 6) is -0.777. The Morgan fingerprint density at radius 2 is 2.05 bits per heavy atom. The number of sulfonamides is 1. The first kappa shape index (κ1) is 18.8. The van der Waals surface area contributed by atoms with E-state index in [-0.39, 0.29) is 34.4 Å². The first-order valence-corrected chi connectivity index (χ1v) is 7.83. The average Bonchev–Trinajstić information content (AvgIpc) is 2.30. The Balaban J connectivity index is 0.00000324. The third kappa shape index (κ3) is 5.35. The Morgan fingerprint density at radius 3 is 2.63 bits per heavy atom. The summed E-state index contributed by atoms with van der Waals surface area (Å²) in [5.41, 5.74) is 0. The van der Waals surface area contributed by atoms with E-state index < -0.39 is 15.8 Å². The molecule has 0 amide bonds. The van der Waals surface area contributed by atoms with Crippen LogP contribution in [0.2, 0.25) is 0 Å². The Kier molecular flexibility index (Phi) is 8.07. The number of halogens is 3. The molecule has 0 saturated heterocycles. The Hall–Kier alpha value is -0.210. The van der Waals surface area contributed by atoms with Crippen LogP contribution in [0.1, 0.15) is 13.8 Å². The van der Waals surface area contributed by atoms with Gasteiger partial charge in [0.1, 0.15) is 4.90 Å². The second kappa shape index (κ2) is 8.16. The lowest BCUT2D eigenvalue weighted by atomic mass is 10.3. The molecule has 0 aromatic heterocycles. The van der Waals surface area contributed by atoms with Crippen molar-refractivity contribution in [3.63, 3.8) is 0 Å². The quantitative estimate of drug-likeness (QED) is 0.802. The molecule has 0 unspecified atom stereocenters. The Bertz CT molecular complexity index is 513. The van der Waals surface area contributed by atoms with Crippen LogP contribution in [-0.2, 0) is 10.0 Å². The molecule has 2 N–H and O–H groups in total. The minimum Gasteiger partial charge on any atom is -0.313 e. The molecule has 0 bridgehead atoms. The maximum absolute atomic E-state index is 13.7. The normalized spacial score (nSPS) is 12.8. The number of rotatable bonds is 6. The number of hydrogen-bond acceptors (Lipinski definition) is 3. The monoisotopic (exact) mass is 374 g/mol. The second-order valence-corrected chi connectivity index (χ2v) is 6.45. The highest BCUT2D eigenvalue weighted by molar-refractivity contribution is 9.10. The molecule has 19 heavy (non-hydrogen) atoms. The first-order chi connectivity index (χ1) is 8.38. The highest BCUT2D eigenvalue weighted by Crippen LogP contribution is 2.21. The molecule has 4 nitrogen and oxygen atoms in total. The molecular formula is C11H17BrClFN2O2S. The van der Waals surface area contributed by atoms with Crippen LogP contribution in [-0.4, -0.2) is 27.5 Å². The van der Waals surface area contributed by atoms with Gasteiger partial charge >= 0.3 is 0 Å². The van der Waals surface area contributed by atoms with E-state index in [2.05, 4.69) is 26.0 Å². The summed E-state index contributed by atoms with van der Waals surface area (Å²) >= 11 is 2.96. The maximum Gasteiger partial charge on any atom is 0.243 e. The fourth-order valence-corrected chi connectivity index (χ4v) is 3.15. The molecule has 1 aromatic carbocycles. The van der Waals surface area contributed by atoms with Crippen molar-refractivity contribution in [1.29, 1.82) is 0 Å². The summed E-state index contributed by atoms with van der Waals surface area (Å²) in [5, 5.41) is 3.07. The van der Waals surface area contributed by atoms with E-state index >= 15 is 0 Å². The maximum atomic E-state index is 13.7. The predicted molar refractivity (Wildman–Crippen MR) is 79.7 cm³/mol. The van der Waals surface area contributed by atoms with Crippen molar-refractivity contribution >= 4 is 38.4 Å². The number of likely N-dealkylation sites (N-methyl/N-ethyl adjacent to an activating group) is 1. The highest BCUT2D eigenvalue weighted by Gasteiger charge is 2.20. The van der Waals surface area contributed by atoms with Crippen molar-refractivity contribution in [2.24, 2.45) is 0 Å². The zero-order valence-corrected chi connectivity index (χ0v) is 13.8. The minimum absolute atomic E-state index is 0. The van der Waals surface area contributed by atoms with E-state index in [9.17, 15) is 12.8 Å². The van der Waals surface area contributed by atoms with Crippen LogP contribution in [0, 0.1) is 5.82 Å². The molecule has 0 aliphatic heterocycles. The van der Waals surface area contributed by atoms with Gasteiger partial charge in [0.2, 0.25) is 10.0 Å². The Morgan fingerprint density at radius 1 is 1.42 bits per heavy atom. The molecule has 0 fully saturated rings. The summed E-state index contributed by atoms with van der Waals surface area (Å²) in [4.78, 5) is -0.347. The van der Waals surface area contributed by atoms with Crippen molar-refractivity contribution < 1.29 is 12.8 Å². The molecule has 110 valence electrons. The standard InChI is InChI=1S/C11H16BrFN2O2S.ClH/c1-3-14-8(2)7-15-18(16,17)10-6-4-5-9(12)11(10)13;/h4-6,8,14-15H,3,7H2,1-2H3;1H/t8-;/m1./s1. The number of hydrogen-bond donors (Lipinski definition) is 2. The van der Waals surface area contributed by atoms with E-state index in [0.29, 0.717) is 0 Å². The molecule has 0 heterocycles. The lowest BCUT2D eigenvalue weighted by Crippen LogP contribution is -2.39. The molecular weight excluding hydrogens is 359 g/mol. The van der Waals surface area contributed by atoms with Gasteiger partial charge in [0.05, 0.1) is 4.47 Å². The Labute approximate surface area is 127 Å². The fraction of sp³-hybridized carbons (Fsp3) is 0.455. The van der Waals surface area contributed by atoms with E-state index in [0.717, 1.165) is 6.54 Å². The van der Waals surface area contributed by atoms with Gasteiger partial charge in [-0.15, -0.1) is 12.4 Å². The van der Waals surface area contributed by atoms with Crippen LogP contribution < -0.4 is 10.0 Å². The summed E-state index contributed by atoms with van der Waals surface area (Å²) < 4.78 is 40.0. The predicted octanol–water partition coefficient (Wildman–Crippen LogP) is 2.29. The van der Waals surface area contributed by atoms with Gasteiger partial charge in [-0.3, -0.25) is 0 Å². The smallest absolute Gasteiger partial charge is 0.243 e. The fourth-order valence-electron chi connectivity index (χ4n) is 1.42. The van der Waals surface area contributed by atoms with Crippen LogP contribution in [0.15, 0.2) is 27.6 Å². The van der Waals surface area contributed by atoms with Gasteiger partial charge in [0.25, 0.3) is 0 Å². The van der Waals surface area contributed by atoms with Crippen molar-refractivity contribution in [3.05, 3.63) is 28.5 Å². The van der Waals surface area contributed by atoms with E-state index in [4.69, 9.17) is 0 Å². The van der Waals surface area contributed by atoms with Gasteiger partial charge in [-0.1, -0.05) is 13.0 Å². The number of nitrogens with one attached hydrogen (secondary N) is 2. The second-order valence-electron chi connectivity index (χ2n) is 3.86. The summed E-state index contributed by atoms with van der Waals surface area (Å²) in [7, 11) is -3.82. The largest absolute Gasteiger partial charge is 0.313 e. The first-order valence-electron chi connectivity index (χ1n) is 5.55. The van der Waals surface area contributed by atoms with Crippen LogP contribution in [0.5, 0.6) is 0 Å². The van der Waals surface area contributed by atoms with E-state index in [1.807, 2.05) is 13.8 Å². The lowest BCUT2D eigenvalue weighted by molar-refractivity contribution is 0.527. The minimum atomic E-state index is -3.82. The molecule has 8 heteroatoms. The third-order valence-corrected chi connectivity index (χ3v) is 4.39. The molecule has 0 spiro atoms. The van der Waals surface area contributed by atoms with E-state index in [1.54, 1.807) is 0 Å². The third-order valence-electron chi connectivity index (χ3n) is 2.34. The van der Waals surface area contributed by atoms with Gasteiger partial charge in [-0.2, -0.15) is 0 Å². The lowest BCUT2D eigenvalue weighted by Gasteiger charge is -2.14. The van der Waals surface area contributed by atoms with Crippen molar-refractivity contribution in [2.75, 3.05) is 13.1 Å². The van der Waals surface area contributed by atoms with Crippen molar-refractivity contribution in [1.82, 2.24) is 10.0 Å². The summed E-state index contributed by atoms with van der Waals surface area (Å²) in [6.45, 7) is 4.73. The molecule has 0 radical (unpaired) electrons. The average molecular weight is 376 g/mol. The van der Waals surface area contributed by atoms with Gasteiger partial charge in [0.15, 0.2) is 5.82 Å². The van der Waals surface area contributed by atoms with Crippen molar-refractivity contribution in [2.45, 2.75) is 24.8 Å². The molecule has 0 saturated carbocycles. The van der Waals surface area contributed by atoms with Gasteiger partial charge in [-0.25, -0.2) is 17.5 Å². The molecule has 1 atom stereocenters. The van der Waals surface area contributed by atoms with Crippen LogP contribution in [0.3, 0.4) is 0 Å². The van der Waals surface area contributed by atoms with Crippen LogP contribution >= 0.6 is 28.3 Å². The topological polar surface area (TPSA) is 58.2 Å². The zero-order chi connectivity index (χ0) is 13.8. The van der Waals surface area contributed by atoms with Crippen LogP contribution in [0.4, 0.5) is 4.39 Å². The zero-order valence-electron chi connectivity index (χ0n) is 10.6. The number of benzene rings is 1. The summed E-state index contributed by atoms with van der Waals surface area (Å²) in [6, 6.07) is 4.16. The molecule has 1 rings (SSSR count). The van der Waals surface area contributed by atoms with Gasteiger partial charge in [0, 0.05) is 12.6 Å². The highest BCUT2D eigenvalue weighted by atomic mass is 79.9. The van der Waals surface area contributed by atoms with Crippen molar-refractivity contribution in [3.8, 4) is 0 Å². The molecule has 0 aliphatic rings. The SMILES string of the molecule is CCN[C@H](C)CNS(=O)(=O)c1cccc(Br)c1F.Cl. The van der Waals surface area contributed by atoms with Crippen LogP contribution in [0.25, 0.3) is 0 Å². The summed E-state index contributed by atoms with van der Waals surface area (Å²) in [6.07, 6.45) is 0. The van der Waals surface area contributed by atoms with E-state index in [1.165, 1.54) is 18.2 Å². The van der Waals surface area contributed by atoms with Gasteiger partial charge in [-0.05, 0) is 41.5 Å². The molecule has 1 aromatic rings. The van der Waals surface area contributed by atoms with Gasteiger partial charge < -0.3 is 5.32 Å². The molecule has 0 aliphatic carbocycles.